The minimum Gasteiger partial charge on any atom is -0.493 e. The molecule has 0 aliphatic carbocycles. The fourth-order valence-corrected chi connectivity index (χ4v) is 3.63. The van der Waals surface area contributed by atoms with Crippen LogP contribution in [-0.2, 0) is 20.9 Å². The van der Waals surface area contributed by atoms with Gasteiger partial charge in [0.1, 0.15) is 5.75 Å². The summed E-state index contributed by atoms with van der Waals surface area (Å²) in [5.41, 5.74) is 1.47. The van der Waals surface area contributed by atoms with E-state index in [4.69, 9.17) is 9.47 Å². The van der Waals surface area contributed by atoms with Crippen molar-refractivity contribution in [2.75, 3.05) is 26.3 Å². The van der Waals surface area contributed by atoms with Gasteiger partial charge < -0.3 is 19.7 Å². The Labute approximate surface area is 188 Å². The average molecular weight is 439 g/mol. The van der Waals surface area contributed by atoms with Gasteiger partial charge in [-0.3, -0.25) is 14.4 Å². The maximum absolute atomic E-state index is 12.8. The molecule has 7 nitrogen and oxygen atoms in total. The molecule has 1 aliphatic heterocycles. The molecule has 0 bridgehead atoms. The van der Waals surface area contributed by atoms with E-state index in [9.17, 15) is 14.4 Å². The molecular formula is C25H30N2O5. The molecule has 7 heteroatoms. The van der Waals surface area contributed by atoms with Crippen LogP contribution in [0.15, 0.2) is 54.6 Å². The number of ether oxygens (including phenoxy) is 2. The SMILES string of the molecule is CCOC(=O)C1CCCN(C(=O)c2ccc(CNC(=O)CCOc3ccccc3)cc2)C1. The van der Waals surface area contributed by atoms with E-state index in [-0.39, 0.29) is 30.1 Å². The Kier molecular flexibility index (Phi) is 8.66. The van der Waals surface area contributed by atoms with Gasteiger partial charge in [-0.05, 0) is 49.6 Å². The predicted molar refractivity (Wildman–Crippen MR) is 120 cm³/mol. The van der Waals surface area contributed by atoms with Gasteiger partial charge in [-0.1, -0.05) is 30.3 Å². The van der Waals surface area contributed by atoms with Crippen molar-refractivity contribution < 1.29 is 23.9 Å². The summed E-state index contributed by atoms with van der Waals surface area (Å²) in [7, 11) is 0. The van der Waals surface area contributed by atoms with Crippen LogP contribution >= 0.6 is 0 Å². The lowest BCUT2D eigenvalue weighted by molar-refractivity contribution is -0.149. The third kappa shape index (κ3) is 6.83. The zero-order chi connectivity index (χ0) is 22.8. The molecule has 2 aromatic rings. The molecule has 1 aliphatic rings. The number of rotatable bonds is 9. The molecule has 0 radical (unpaired) electrons. The van der Waals surface area contributed by atoms with Crippen LogP contribution in [0.1, 0.15) is 42.1 Å². The molecule has 0 saturated carbocycles. The Balaban J connectivity index is 1.43. The quantitative estimate of drug-likeness (QED) is 0.608. The van der Waals surface area contributed by atoms with Crippen molar-refractivity contribution in [2.45, 2.75) is 32.7 Å². The van der Waals surface area contributed by atoms with Crippen LogP contribution in [0.25, 0.3) is 0 Å². The Morgan fingerprint density at radius 2 is 1.81 bits per heavy atom. The van der Waals surface area contributed by atoms with Crippen LogP contribution in [0.2, 0.25) is 0 Å². The first kappa shape index (κ1) is 23.3. The Hall–Kier alpha value is -3.35. The third-order valence-electron chi connectivity index (χ3n) is 5.36. The summed E-state index contributed by atoms with van der Waals surface area (Å²) >= 11 is 0. The second-order valence-corrected chi connectivity index (χ2v) is 7.73. The fraction of sp³-hybridized carbons (Fsp3) is 0.400. The van der Waals surface area contributed by atoms with Crippen molar-refractivity contribution in [1.82, 2.24) is 10.2 Å². The van der Waals surface area contributed by atoms with E-state index in [1.807, 2.05) is 42.5 Å². The predicted octanol–water partition coefficient (Wildman–Crippen LogP) is 3.19. The highest BCUT2D eigenvalue weighted by molar-refractivity contribution is 5.94. The Morgan fingerprint density at radius 3 is 2.53 bits per heavy atom. The highest BCUT2D eigenvalue weighted by Gasteiger charge is 2.29. The summed E-state index contributed by atoms with van der Waals surface area (Å²) in [5.74, 6) is 0.0631. The molecule has 1 heterocycles. The van der Waals surface area contributed by atoms with E-state index >= 15 is 0 Å². The highest BCUT2D eigenvalue weighted by atomic mass is 16.5. The number of nitrogens with one attached hydrogen (secondary N) is 1. The van der Waals surface area contributed by atoms with Gasteiger partial charge in [0.2, 0.25) is 5.91 Å². The number of para-hydroxylation sites is 1. The van der Waals surface area contributed by atoms with Crippen molar-refractivity contribution in [2.24, 2.45) is 5.92 Å². The average Bonchev–Trinajstić information content (AvgIpc) is 2.83. The van der Waals surface area contributed by atoms with Crippen molar-refractivity contribution in [3.8, 4) is 5.75 Å². The van der Waals surface area contributed by atoms with Crippen molar-refractivity contribution >= 4 is 17.8 Å². The zero-order valence-electron chi connectivity index (χ0n) is 18.4. The molecule has 0 spiro atoms. The molecule has 0 aromatic heterocycles. The standard InChI is InChI=1S/C25H30N2O5/c1-2-31-25(30)21-7-6-15-27(18-21)24(29)20-12-10-19(11-13-20)17-26-23(28)14-16-32-22-8-4-3-5-9-22/h3-5,8-13,21H,2,6-7,14-18H2,1H3,(H,26,28). The number of carbonyl (C=O) groups excluding carboxylic acids is 3. The van der Waals surface area contributed by atoms with Gasteiger partial charge in [0, 0.05) is 25.2 Å². The summed E-state index contributed by atoms with van der Waals surface area (Å²) < 4.78 is 10.6. The maximum atomic E-state index is 12.8. The van der Waals surface area contributed by atoms with Crippen LogP contribution < -0.4 is 10.1 Å². The molecule has 1 unspecified atom stereocenters. The summed E-state index contributed by atoms with van der Waals surface area (Å²) in [6, 6.07) is 16.6. The minimum absolute atomic E-state index is 0.0901. The van der Waals surface area contributed by atoms with Crippen molar-refractivity contribution in [3.63, 3.8) is 0 Å². The first-order valence-electron chi connectivity index (χ1n) is 11.1. The van der Waals surface area contributed by atoms with Gasteiger partial charge in [0.15, 0.2) is 0 Å². The Bertz CT molecular complexity index is 898. The van der Waals surface area contributed by atoms with Gasteiger partial charge in [-0.2, -0.15) is 0 Å². The summed E-state index contributed by atoms with van der Waals surface area (Å²) in [6.45, 7) is 3.85. The van der Waals surface area contributed by atoms with Crippen molar-refractivity contribution in [1.29, 1.82) is 0 Å². The molecule has 1 atom stereocenters. The lowest BCUT2D eigenvalue weighted by atomic mass is 9.97. The number of piperidine rings is 1. The van der Waals surface area contributed by atoms with Crippen molar-refractivity contribution in [3.05, 3.63) is 65.7 Å². The van der Waals surface area contributed by atoms with E-state index in [2.05, 4.69) is 5.32 Å². The largest absolute Gasteiger partial charge is 0.493 e. The molecule has 2 aromatic carbocycles. The second-order valence-electron chi connectivity index (χ2n) is 7.73. The number of nitrogens with zero attached hydrogens (tertiary/aromatic N) is 1. The molecule has 2 amide bonds. The first-order valence-corrected chi connectivity index (χ1v) is 11.1. The summed E-state index contributed by atoms with van der Waals surface area (Å²) in [5, 5.41) is 2.86. The number of hydrogen-bond acceptors (Lipinski definition) is 5. The number of hydrogen-bond donors (Lipinski definition) is 1. The van der Waals surface area contributed by atoms with Gasteiger partial charge in [-0.25, -0.2) is 0 Å². The summed E-state index contributed by atoms with van der Waals surface area (Å²) in [4.78, 5) is 38.6. The van der Waals surface area contributed by atoms with Crippen LogP contribution in [0, 0.1) is 5.92 Å². The van der Waals surface area contributed by atoms with Gasteiger partial charge in [-0.15, -0.1) is 0 Å². The molecule has 3 rings (SSSR count). The zero-order valence-corrected chi connectivity index (χ0v) is 18.4. The van der Waals surface area contributed by atoms with Gasteiger partial charge in [0.25, 0.3) is 5.91 Å². The molecular weight excluding hydrogens is 408 g/mol. The van der Waals surface area contributed by atoms with Gasteiger partial charge in [0.05, 0.1) is 25.6 Å². The topological polar surface area (TPSA) is 84.9 Å². The normalized spacial score (nSPS) is 15.7. The molecule has 1 saturated heterocycles. The lowest BCUT2D eigenvalue weighted by Crippen LogP contribution is -2.42. The molecule has 1 fully saturated rings. The minimum atomic E-state index is -0.256. The maximum Gasteiger partial charge on any atom is 0.310 e. The van der Waals surface area contributed by atoms with Crippen LogP contribution in [0.5, 0.6) is 5.75 Å². The lowest BCUT2D eigenvalue weighted by Gasteiger charge is -2.31. The number of esters is 1. The Morgan fingerprint density at radius 1 is 1.06 bits per heavy atom. The number of amides is 2. The smallest absolute Gasteiger partial charge is 0.310 e. The molecule has 1 N–H and O–H groups in total. The summed E-state index contributed by atoms with van der Waals surface area (Å²) in [6.07, 6.45) is 1.80. The van der Waals surface area contributed by atoms with E-state index in [1.165, 1.54) is 0 Å². The van der Waals surface area contributed by atoms with E-state index in [0.717, 1.165) is 24.2 Å². The van der Waals surface area contributed by atoms with E-state index < -0.39 is 0 Å². The number of carbonyl (C=O) groups is 3. The monoisotopic (exact) mass is 438 g/mol. The van der Waals surface area contributed by atoms with E-state index in [0.29, 0.717) is 38.4 Å². The van der Waals surface area contributed by atoms with Crippen LogP contribution in [0.4, 0.5) is 0 Å². The van der Waals surface area contributed by atoms with Gasteiger partial charge >= 0.3 is 5.97 Å². The fourth-order valence-electron chi connectivity index (χ4n) is 3.63. The number of benzene rings is 2. The highest BCUT2D eigenvalue weighted by Crippen LogP contribution is 2.20. The van der Waals surface area contributed by atoms with E-state index in [1.54, 1.807) is 24.0 Å². The third-order valence-corrected chi connectivity index (χ3v) is 5.36. The first-order chi connectivity index (χ1) is 15.6. The molecule has 32 heavy (non-hydrogen) atoms. The van der Waals surface area contributed by atoms with Crippen LogP contribution in [-0.4, -0.2) is 49.0 Å². The number of likely N-dealkylation sites (tertiary alicyclic amines) is 1. The second kappa shape index (κ2) is 11.9. The van der Waals surface area contributed by atoms with Crippen LogP contribution in [0.3, 0.4) is 0 Å². The molecule has 170 valence electrons.